The zero-order chi connectivity index (χ0) is 21.4. The fraction of sp³-hybridized carbons (Fsp3) is 0.133. The van der Waals surface area contributed by atoms with Crippen LogP contribution < -0.4 is 15.8 Å². The lowest BCUT2D eigenvalue weighted by Gasteiger charge is -2.17. The van der Waals surface area contributed by atoms with Crippen molar-refractivity contribution in [2.45, 2.75) is 0 Å². The Bertz CT molecular complexity index is 1030. The van der Waals surface area contributed by atoms with Crippen LogP contribution in [0.5, 0.6) is 0 Å². The molecular formula is C15H11N9O5. The number of nitrogens with zero attached hydrogens (tertiary/aromatic N) is 7. The Morgan fingerprint density at radius 2 is 1.83 bits per heavy atom. The third-order valence-corrected chi connectivity index (χ3v) is 3.42. The first-order valence-corrected chi connectivity index (χ1v) is 7.68. The van der Waals surface area contributed by atoms with Crippen LogP contribution in [0.4, 0.5) is 23.0 Å². The van der Waals surface area contributed by atoms with Crippen LogP contribution >= 0.6 is 0 Å². The number of carbonyl (C=O) groups excluding carboxylic acids is 1. The Kier molecular flexibility index (Phi) is 6.49. The van der Waals surface area contributed by atoms with Gasteiger partial charge in [0.1, 0.15) is 19.4 Å². The molecule has 2 N–H and O–H groups in total. The van der Waals surface area contributed by atoms with Crippen LogP contribution in [0.25, 0.3) is 0 Å². The van der Waals surface area contributed by atoms with E-state index in [1.807, 2.05) is 0 Å². The van der Waals surface area contributed by atoms with Gasteiger partial charge in [0, 0.05) is 17.7 Å². The fourth-order valence-electron chi connectivity index (χ4n) is 2.19. The summed E-state index contributed by atoms with van der Waals surface area (Å²) in [4.78, 5) is 41.5. The number of nitriles is 2. The molecule has 0 saturated carbocycles. The minimum atomic E-state index is -0.834. The lowest BCUT2D eigenvalue weighted by atomic mass is 10.2. The second-order valence-corrected chi connectivity index (χ2v) is 5.21. The molecule has 1 heterocycles. The molecule has 0 aliphatic heterocycles. The molecule has 1 aromatic carbocycles. The molecule has 29 heavy (non-hydrogen) atoms. The Balaban J connectivity index is 2.30. The van der Waals surface area contributed by atoms with E-state index in [9.17, 15) is 25.0 Å². The zero-order valence-corrected chi connectivity index (χ0v) is 14.5. The lowest BCUT2D eigenvalue weighted by Crippen LogP contribution is -2.31. The summed E-state index contributed by atoms with van der Waals surface area (Å²) in [5.74, 6) is -1.51. The van der Waals surface area contributed by atoms with Crippen LogP contribution in [0.1, 0.15) is 10.4 Å². The van der Waals surface area contributed by atoms with Crippen LogP contribution in [0.15, 0.2) is 30.6 Å². The molecule has 2 rings (SSSR count). The van der Waals surface area contributed by atoms with Crippen molar-refractivity contribution in [1.82, 2.24) is 15.4 Å². The van der Waals surface area contributed by atoms with Gasteiger partial charge in [-0.05, 0) is 6.07 Å². The van der Waals surface area contributed by atoms with E-state index in [2.05, 4.69) is 20.8 Å². The van der Waals surface area contributed by atoms with Crippen molar-refractivity contribution in [2.75, 3.05) is 23.4 Å². The van der Waals surface area contributed by atoms with Crippen molar-refractivity contribution in [3.63, 3.8) is 0 Å². The van der Waals surface area contributed by atoms with Gasteiger partial charge in [-0.3, -0.25) is 35.9 Å². The molecule has 1 amide bonds. The van der Waals surface area contributed by atoms with Crippen molar-refractivity contribution < 1.29 is 14.6 Å². The highest BCUT2D eigenvalue weighted by atomic mass is 16.6. The number of carbonyl (C=O) groups is 1. The minimum absolute atomic E-state index is 0.0702. The summed E-state index contributed by atoms with van der Waals surface area (Å²) in [5, 5.41) is 40.0. The van der Waals surface area contributed by atoms with E-state index in [4.69, 9.17) is 10.5 Å². The number of rotatable bonds is 8. The molecule has 0 radical (unpaired) electrons. The summed E-state index contributed by atoms with van der Waals surface area (Å²) in [6.45, 7) is -0.685. The van der Waals surface area contributed by atoms with Gasteiger partial charge in [0.05, 0.1) is 22.0 Å². The molecule has 146 valence electrons. The third-order valence-electron chi connectivity index (χ3n) is 3.42. The number of non-ortho nitro benzene ring substituents is 1. The predicted molar refractivity (Wildman–Crippen MR) is 96.3 cm³/mol. The first-order chi connectivity index (χ1) is 13.9. The summed E-state index contributed by atoms with van der Waals surface area (Å²) in [5.41, 5.74) is 3.37. The normalized spacial score (nSPS) is 9.59. The Hall–Kier alpha value is -4.85. The van der Waals surface area contributed by atoms with Crippen LogP contribution in [0.3, 0.4) is 0 Å². The van der Waals surface area contributed by atoms with Crippen molar-refractivity contribution in [3.05, 3.63) is 56.4 Å². The second-order valence-electron chi connectivity index (χ2n) is 5.21. The number of nitrogens with one attached hydrogen (secondary N) is 2. The summed E-state index contributed by atoms with van der Waals surface area (Å²) >= 11 is 0. The molecule has 0 aliphatic rings. The fourth-order valence-corrected chi connectivity index (χ4v) is 2.19. The van der Waals surface area contributed by atoms with E-state index in [1.165, 1.54) is 18.2 Å². The maximum atomic E-state index is 12.2. The highest BCUT2D eigenvalue weighted by Crippen LogP contribution is 2.31. The molecule has 1 aromatic heterocycles. The van der Waals surface area contributed by atoms with E-state index >= 15 is 0 Å². The van der Waals surface area contributed by atoms with Crippen LogP contribution in [-0.4, -0.2) is 38.8 Å². The highest BCUT2D eigenvalue weighted by molar-refractivity contribution is 5.95. The van der Waals surface area contributed by atoms with E-state index in [0.717, 1.165) is 17.3 Å². The summed E-state index contributed by atoms with van der Waals surface area (Å²) in [6, 6.07) is 8.38. The van der Waals surface area contributed by atoms with Gasteiger partial charge in [-0.2, -0.15) is 10.5 Å². The molecular weight excluding hydrogens is 386 g/mol. The van der Waals surface area contributed by atoms with Crippen molar-refractivity contribution in [3.8, 4) is 12.1 Å². The quantitative estimate of drug-likeness (QED) is 0.363. The van der Waals surface area contributed by atoms with Gasteiger partial charge >= 0.3 is 5.69 Å². The van der Waals surface area contributed by atoms with E-state index in [1.54, 1.807) is 12.1 Å². The molecule has 0 aliphatic carbocycles. The number of hydrazine groups is 1. The summed E-state index contributed by atoms with van der Waals surface area (Å²) < 4.78 is 0. The number of nitro groups is 2. The number of amides is 1. The van der Waals surface area contributed by atoms with Gasteiger partial charge < -0.3 is 4.90 Å². The van der Waals surface area contributed by atoms with Gasteiger partial charge in [-0.15, -0.1) is 0 Å². The van der Waals surface area contributed by atoms with E-state index in [-0.39, 0.29) is 30.2 Å². The molecule has 0 saturated heterocycles. The number of aromatic nitrogens is 2. The van der Waals surface area contributed by atoms with Gasteiger partial charge in [0.15, 0.2) is 0 Å². The lowest BCUT2D eigenvalue weighted by molar-refractivity contribution is -0.384. The molecule has 2 aromatic rings. The molecule has 0 atom stereocenters. The van der Waals surface area contributed by atoms with Gasteiger partial charge in [0.25, 0.3) is 11.6 Å². The number of hydrogen-bond donors (Lipinski definition) is 2. The minimum Gasteiger partial charge on any atom is -0.324 e. The first-order valence-electron chi connectivity index (χ1n) is 7.68. The Morgan fingerprint density at radius 1 is 1.14 bits per heavy atom. The SMILES string of the molecule is N#CCN(CC#N)c1ncnc(NNC(=O)c2cccc([N+](=O)[O-])c2)c1[N+](=O)[O-]. The average Bonchev–Trinajstić information content (AvgIpc) is 2.71. The van der Waals surface area contributed by atoms with Crippen molar-refractivity contribution in [2.24, 2.45) is 0 Å². The summed E-state index contributed by atoms with van der Waals surface area (Å²) in [7, 11) is 0. The monoisotopic (exact) mass is 397 g/mol. The number of anilines is 2. The molecule has 0 bridgehead atoms. The van der Waals surface area contributed by atoms with Crippen LogP contribution in [0, 0.1) is 42.9 Å². The largest absolute Gasteiger partial charge is 0.355 e. The van der Waals surface area contributed by atoms with Gasteiger partial charge in [0.2, 0.25) is 11.6 Å². The standard InChI is InChI=1S/C15H11N9O5/c16-4-6-22(7-5-17)14-12(24(28)29)13(18-9-19-14)20-21-15(25)10-2-1-3-11(8-10)23(26)27/h1-3,8-9H,6-7H2,(H,21,25)(H,18,19,20). The second kappa shape index (κ2) is 9.19. The van der Waals surface area contributed by atoms with Crippen molar-refractivity contribution in [1.29, 1.82) is 10.5 Å². The van der Waals surface area contributed by atoms with E-state index in [0.29, 0.717) is 0 Å². The highest BCUT2D eigenvalue weighted by Gasteiger charge is 2.27. The molecule has 0 spiro atoms. The smallest absolute Gasteiger partial charge is 0.324 e. The third kappa shape index (κ3) is 4.86. The maximum Gasteiger partial charge on any atom is 0.355 e. The Labute approximate surface area is 162 Å². The molecule has 14 heteroatoms. The van der Waals surface area contributed by atoms with Crippen molar-refractivity contribution >= 4 is 28.9 Å². The average molecular weight is 397 g/mol. The molecule has 0 unspecified atom stereocenters. The predicted octanol–water partition coefficient (Wildman–Crippen LogP) is 0.903. The first kappa shape index (κ1) is 20.5. The maximum absolute atomic E-state index is 12.2. The van der Waals surface area contributed by atoms with E-state index < -0.39 is 27.3 Å². The van der Waals surface area contributed by atoms with Crippen LogP contribution in [0.2, 0.25) is 0 Å². The Morgan fingerprint density at radius 3 is 2.41 bits per heavy atom. The van der Waals surface area contributed by atoms with Gasteiger partial charge in [-0.25, -0.2) is 9.97 Å². The molecule has 0 fully saturated rings. The number of benzene rings is 1. The number of nitro benzene ring substituents is 1. The number of hydrogen-bond acceptors (Lipinski definition) is 11. The van der Waals surface area contributed by atoms with Gasteiger partial charge in [-0.1, -0.05) is 6.07 Å². The molecule has 14 nitrogen and oxygen atoms in total. The topological polar surface area (TPSA) is 204 Å². The summed E-state index contributed by atoms with van der Waals surface area (Å²) in [6.07, 6.45) is 0.950. The van der Waals surface area contributed by atoms with Crippen LogP contribution in [-0.2, 0) is 0 Å². The zero-order valence-electron chi connectivity index (χ0n) is 14.5.